The summed E-state index contributed by atoms with van der Waals surface area (Å²) in [6.07, 6.45) is 9.27. The van der Waals surface area contributed by atoms with Crippen molar-refractivity contribution in [2.45, 2.75) is 69.8 Å². The van der Waals surface area contributed by atoms with Gasteiger partial charge in [0.05, 0.1) is 41.8 Å². The molecule has 10 heteroatoms. The molecule has 42 heavy (non-hydrogen) atoms. The summed E-state index contributed by atoms with van der Waals surface area (Å²) in [6, 6.07) is 8.04. The number of nitrogens with two attached hydrogens (primary N) is 1. The SMILES string of the molecule is CO[C@@H]1[C@H](N)C[C@H](c2ccncc2Cc2ncc3ccc(-c4c(F)cc(COC5CCOCC5)cc4F)nn23)C[C@@H]1C. The number of imidazole rings is 1. The molecule has 1 aliphatic carbocycles. The highest BCUT2D eigenvalue weighted by molar-refractivity contribution is 5.63. The van der Waals surface area contributed by atoms with Crippen molar-refractivity contribution < 1.29 is 23.0 Å². The lowest BCUT2D eigenvalue weighted by atomic mass is 9.74. The van der Waals surface area contributed by atoms with Gasteiger partial charge in [-0.1, -0.05) is 6.92 Å². The second kappa shape index (κ2) is 12.5. The minimum Gasteiger partial charge on any atom is -0.381 e. The Morgan fingerprint density at radius 3 is 2.60 bits per heavy atom. The number of halogens is 2. The van der Waals surface area contributed by atoms with Gasteiger partial charge in [0.2, 0.25) is 0 Å². The van der Waals surface area contributed by atoms with Crippen LogP contribution in [-0.4, -0.2) is 58.2 Å². The number of ether oxygens (including phenoxy) is 3. The van der Waals surface area contributed by atoms with Gasteiger partial charge in [-0.05, 0) is 84.5 Å². The van der Waals surface area contributed by atoms with E-state index in [1.807, 2.05) is 6.20 Å². The van der Waals surface area contributed by atoms with Crippen LogP contribution in [-0.2, 0) is 27.2 Å². The molecule has 4 atom stereocenters. The molecule has 8 nitrogen and oxygen atoms in total. The Balaban J connectivity index is 1.25. The van der Waals surface area contributed by atoms with Crippen LogP contribution in [0, 0.1) is 17.6 Å². The molecule has 222 valence electrons. The molecule has 2 fully saturated rings. The summed E-state index contributed by atoms with van der Waals surface area (Å²) in [5.74, 6) is -0.107. The van der Waals surface area contributed by atoms with Gasteiger partial charge in [0.25, 0.3) is 0 Å². The zero-order valence-corrected chi connectivity index (χ0v) is 24.0. The molecule has 3 aromatic heterocycles. The van der Waals surface area contributed by atoms with Gasteiger partial charge in [-0.15, -0.1) is 0 Å². The topological polar surface area (TPSA) is 96.8 Å². The normalized spacial score (nSPS) is 23.5. The third-order valence-corrected chi connectivity index (χ3v) is 8.66. The molecule has 2 N–H and O–H groups in total. The van der Waals surface area contributed by atoms with Crippen LogP contribution in [0.4, 0.5) is 8.78 Å². The van der Waals surface area contributed by atoms with E-state index in [4.69, 9.17) is 19.9 Å². The maximum absolute atomic E-state index is 15.3. The van der Waals surface area contributed by atoms with Gasteiger partial charge in [0.1, 0.15) is 17.5 Å². The van der Waals surface area contributed by atoms with E-state index in [9.17, 15) is 0 Å². The number of aromatic nitrogens is 4. The Morgan fingerprint density at radius 1 is 1.07 bits per heavy atom. The molecule has 0 unspecified atom stereocenters. The molecule has 1 saturated carbocycles. The third-order valence-electron chi connectivity index (χ3n) is 8.66. The number of fused-ring (bicyclic) bond motifs is 1. The number of nitrogens with zero attached hydrogens (tertiary/aromatic N) is 4. The first kappa shape index (κ1) is 28.8. The van der Waals surface area contributed by atoms with E-state index in [1.165, 1.54) is 17.7 Å². The van der Waals surface area contributed by atoms with Crippen molar-refractivity contribution >= 4 is 5.52 Å². The van der Waals surface area contributed by atoms with Crippen molar-refractivity contribution in [2.75, 3.05) is 20.3 Å². The molecule has 6 rings (SSSR count). The molecule has 1 aliphatic heterocycles. The summed E-state index contributed by atoms with van der Waals surface area (Å²) in [5, 5.41) is 4.63. The first-order chi connectivity index (χ1) is 20.4. The highest BCUT2D eigenvalue weighted by atomic mass is 19.1. The lowest BCUT2D eigenvalue weighted by Gasteiger charge is -2.38. The quantitative estimate of drug-likeness (QED) is 0.307. The molecule has 0 bridgehead atoms. The summed E-state index contributed by atoms with van der Waals surface area (Å²) in [4.78, 5) is 8.99. The van der Waals surface area contributed by atoms with Crippen molar-refractivity contribution in [1.82, 2.24) is 19.6 Å². The standard InChI is InChI=1S/C32H37F2N5O3/c1-19-11-21(14-28(35)32(19)40-2)25-5-8-36-16-22(25)15-30-37-17-23-3-4-29(38-39(23)30)31-26(33)12-20(13-27(31)34)18-42-24-6-9-41-10-7-24/h3-5,8,12-13,16-17,19,21,24,28,32H,6-7,9-11,14-15,18,35H2,1-2H3/t19-,21+,28+,32-/m0/s1. The van der Waals surface area contributed by atoms with Gasteiger partial charge in [0, 0.05) is 45.2 Å². The van der Waals surface area contributed by atoms with Crippen molar-refractivity contribution in [3.05, 3.63) is 83.1 Å². The van der Waals surface area contributed by atoms with Crippen LogP contribution < -0.4 is 5.73 Å². The summed E-state index contributed by atoms with van der Waals surface area (Å²) in [5.41, 5.74) is 9.90. The Labute approximate surface area is 244 Å². The van der Waals surface area contributed by atoms with E-state index >= 15 is 8.78 Å². The largest absolute Gasteiger partial charge is 0.381 e. The van der Waals surface area contributed by atoms with Gasteiger partial charge < -0.3 is 19.9 Å². The Kier molecular flexibility index (Phi) is 8.57. The second-order valence-corrected chi connectivity index (χ2v) is 11.5. The van der Waals surface area contributed by atoms with Crippen molar-refractivity contribution in [3.63, 3.8) is 0 Å². The molecule has 1 saturated heterocycles. The zero-order valence-electron chi connectivity index (χ0n) is 24.0. The average molecular weight is 578 g/mol. The lowest BCUT2D eigenvalue weighted by molar-refractivity contribution is -0.0391. The van der Waals surface area contributed by atoms with Crippen LogP contribution in [0.15, 0.2) is 48.9 Å². The van der Waals surface area contributed by atoms with E-state index < -0.39 is 11.6 Å². The Morgan fingerprint density at radius 2 is 1.86 bits per heavy atom. The molecule has 0 radical (unpaired) electrons. The van der Waals surface area contributed by atoms with E-state index in [1.54, 1.807) is 36.2 Å². The zero-order chi connectivity index (χ0) is 29.2. The first-order valence-electron chi connectivity index (χ1n) is 14.6. The minimum atomic E-state index is -0.680. The van der Waals surface area contributed by atoms with E-state index in [0.717, 1.165) is 36.8 Å². The molecular weight excluding hydrogens is 540 g/mol. The van der Waals surface area contributed by atoms with Gasteiger partial charge in [0.15, 0.2) is 0 Å². The van der Waals surface area contributed by atoms with Crippen LogP contribution in [0.2, 0.25) is 0 Å². The van der Waals surface area contributed by atoms with Crippen LogP contribution in [0.3, 0.4) is 0 Å². The van der Waals surface area contributed by atoms with E-state index in [2.05, 4.69) is 28.1 Å². The molecule has 4 heterocycles. The maximum atomic E-state index is 15.3. The van der Waals surface area contributed by atoms with Crippen LogP contribution in [0.25, 0.3) is 16.8 Å². The van der Waals surface area contributed by atoms with Gasteiger partial charge in [-0.3, -0.25) is 4.98 Å². The molecular formula is C32H37F2N5O3. The third kappa shape index (κ3) is 5.94. The highest BCUT2D eigenvalue weighted by Crippen LogP contribution is 2.38. The number of methoxy groups -OCH3 is 1. The fourth-order valence-corrected chi connectivity index (χ4v) is 6.58. The molecule has 0 amide bonds. The summed E-state index contributed by atoms with van der Waals surface area (Å²) in [6.45, 7) is 3.60. The molecule has 0 spiro atoms. The van der Waals surface area contributed by atoms with Crippen LogP contribution in [0.1, 0.15) is 61.0 Å². The number of hydrogen-bond acceptors (Lipinski definition) is 7. The predicted molar refractivity (Wildman–Crippen MR) is 154 cm³/mol. The van der Waals surface area contributed by atoms with Crippen LogP contribution >= 0.6 is 0 Å². The maximum Gasteiger partial charge on any atom is 0.135 e. The van der Waals surface area contributed by atoms with Crippen molar-refractivity contribution in [1.29, 1.82) is 0 Å². The number of benzene rings is 1. The minimum absolute atomic E-state index is 0.0362. The highest BCUT2D eigenvalue weighted by Gasteiger charge is 2.35. The van der Waals surface area contributed by atoms with Gasteiger partial charge in [-0.25, -0.2) is 18.3 Å². The molecule has 1 aromatic carbocycles. The van der Waals surface area contributed by atoms with E-state index in [0.29, 0.717) is 36.9 Å². The smallest absolute Gasteiger partial charge is 0.135 e. The van der Waals surface area contributed by atoms with Gasteiger partial charge in [-0.2, -0.15) is 5.10 Å². The summed E-state index contributed by atoms with van der Waals surface area (Å²) < 4.78 is 49.1. The first-order valence-corrected chi connectivity index (χ1v) is 14.6. The Hall–Kier alpha value is -3.31. The lowest BCUT2D eigenvalue weighted by Crippen LogP contribution is -2.45. The monoisotopic (exact) mass is 577 g/mol. The Bertz CT molecular complexity index is 1500. The fraction of sp³-hybridized carbons (Fsp3) is 0.469. The van der Waals surface area contributed by atoms with Crippen molar-refractivity contribution in [3.8, 4) is 11.3 Å². The summed E-state index contributed by atoms with van der Waals surface area (Å²) >= 11 is 0. The number of rotatable bonds is 8. The average Bonchev–Trinajstić information content (AvgIpc) is 3.38. The molecule has 2 aliphatic rings. The van der Waals surface area contributed by atoms with Crippen LogP contribution in [0.5, 0.6) is 0 Å². The van der Waals surface area contributed by atoms with Crippen molar-refractivity contribution in [2.24, 2.45) is 11.7 Å². The molecule has 4 aromatic rings. The van der Waals surface area contributed by atoms with Gasteiger partial charge >= 0.3 is 0 Å². The fourth-order valence-electron chi connectivity index (χ4n) is 6.58. The predicted octanol–water partition coefficient (Wildman–Crippen LogP) is 5.21. The van der Waals surface area contributed by atoms with E-state index in [-0.39, 0.29) is 42.0 Å². The number of hydrogen-bond donors (Lipinski definition) is 1. The summed E-state index contributed by atoms with van der Waals surface area (Å²) in [7, 11) is 1.72. The number of pyridine rings is 1. The second-order valence-electron chi connectivity index (χ2n) is 11.5.